The maximum Gasteiger partial charge on any atom is 0.409 e. The molecule has 2 aromatic carbocycles. The van der Waals surface area contributed by atoms with Crippen LogP contribution in [0.3, 0.4) is 0 Å². The Morgan fingerprint density at radius 3 is 1.94 bits per heavy atom. The molecule has 1 saturated carbocycles. The number of carbonyl (C=O) groups excluding carboxylic acids is 13. The van der Waals surface area contributed by atoms with E-state index in [1.807, 2.05) is 74.4 Å². The number of methoxy groups -OCH3 is 3. The molecule has 29 nitrogen and oxygen atoms in total. The fraction of sp³-hybridized carbons (Fsp3) is 0.690. The number of benzene rings is 2. The van der Waals surface area contributed by atoms with Gasteiger partial charge in [-0.2, -0.15) is 0 Å². The van der Waals surface area contributed by atoms with Crippen LogP contribution in [0.5, 0.6) is 5.75 Å². The van der Waals surface area contributed by atoms with Gasteiger partial charge < -0.3 is 64.8 Å². The fourth-order valence-corrected chi connectivity index (χ4v) is 16.8. The number of primary amides is 1. The van der Waals surface area contributed by atoms with Crippen molar-refractivity contribution in [2.45, 2.75) is 232 Å². The van der Waals surface area contributed by atoms with Crippen LogP contribution in [0.1, 0.15) is 193 Å². The number of imide groups is 1. The number of nitrogens with one attached hydrogen (secondary N) is 2. The van der Waals surface area contributed by atoms with E-state index >= 15 is 4.79 Å². The molecule has 0 spiro atoms. The number of carboxylic acid groups (broad SMARTS) is 1. The fourth-order valence-electron chi connectivity index (χ4n) is 15.3. The minimum absolute atomic E-state index is 0.00666. The standard InChI is InChI=1S/C84H128FN9O20S/c1-18-53(8)76(92(14)80(106)61(51(4)5)42-66(97)75(52(6)7)89(10)11)69(111-16)43-72(100)94-47-59(41-64(94)77(112-17)54(9)78(104)87-46-67(98)57-31-32-68(110-15)62(85)39-57)114-83(109)91(13)37-36-90(12)82(108)113-48-56-29-27-55(28-30-56)38-65(96)63(25-21-22-26-71(86)99)88-79(105)60(50(2)3)40-58(95)24-20-19-23-35-93-73(101)44-70(81(93)107)115-49-84(33-34-84)45-74(102)103/h27-32,39,50-54,59-61,63-64,69-70,75-77H,18-26,33-38,40-49H2,1-17H3,(H2,86,99)(H,87,104)(H,88,105)(H,102,103)/t53-,54+,59-,60-,61-,63-,64-,69+,70?,75-,76-,77+/m0/s1. The Morgan fingerprint density at radius 2 is 1.37 bits per heavy atom. The molecule has 0 bridgehead atoms. The van der Waals surface area contributed by atoms with E-state index in [-0.39, 0.29) is 172 Å². The highest BCUT2D eigenvalue weighted by atomic mass is 32.2. The molecule has 5 N–H and O–H groups in total. The number of likely N-dealkylation sites (N-methyl/N-ethyl adjacent to an activating group) is 4. The molecule has 0 aromatic heterocycles. The number of nitrogens with two attached hydrogens (primary N) is 1. The van der Waals surface area contributed by atoms with E-state index in [9.17, 15) is 71.8 Å². The average Bonchev–Trinajstić information content (AvgIpc) is 1.67. The van der Waals surface area contributed by atoms with Crippen molar-refractivity contribution < 1.29 is 100 Å². The van der Waals surface area contributed by atoms with Gasteiger partial charge in [-0.25, -0.2) is 14.0 Å². The summed E-state index contributed by atoms with van der Waals surface area (Å²) in [5.74, 6) is -8.35. The van der Waals surface area contributed by atoms with Gasteiger partial charge >= 0.3 is 18.2 Å². The highest BCUT2D eigenvalue weighted by molar-refractivity contribution is 8.00. The maximum atomic E-state index is 15.1. The van der Waals surface area contributed by atoms with Crippen LogP contribution >= 0.6 is 11.8 Å². The van der Waals surface area contributed by atoms with Crippen LogP contribution in [0, 0.1) is 52.7 Å². The number of nitrogens with zero attached hydrogens (tertiary/aromatic N) is 6. The first-order chi connectivity index (χ1) is 54.2. The van der Waals surface area contributed by atoms with Crippen molar-refractivity contribution >= 4 is 94.4 Å². The Kier molecular flexibility index (Phi) is 39.3. The quantitative estimate of drug-likeness (QED) is 0.0273. The van der Waals surface area contributed by atoms with Crippen molar-refractivity contribution in [1.29, 1.82) is 0 Å². The number of carbonyl (C=O) groups is 14. The van der Waals surface area contributed by atoms with Crippen LogP contribution in [0.25, 0.3) is 0 Å². The summed E-state index contributed by atoms with van der Waals surface area (Å²) in [6.45, 7) is 16.2. The van der Waals surface area contributed by atoms with Crippen LogP contribution in [-0.4, -0.2) is 260 Å². The van der Waals surface area contributed by atoms with Crippen molar-refractivity contribution in [1.82, 2.24) is 40.0 Å². The lowest BCUT2D eigenvalue weighted by Crippen LogP contribution is -2.54. The number of ether oxygens (including phenoxy) is 5. The Bertz CT molecular complexity index is 3660. The number of hydrogen-bond donors (Lipinski definition) is 4. The van der Waals surface area contributed by atoms with E-state index in [2.05, 4.69) is 10.6 Å². The SMILES string of the molecule is CC[C@H](C)[C@@H]([C@@H](CC(=O)N1C[C@@H](OC(=O)N(C)CCN(C)C(=O)OCc2ccc(CC(=O)[C@H](CCCCC(N)=O)NC(=O)[C@@H](CC(=O)CCCCCN3C(=O)CC(SCC4(CC(=O)O)CC4)C3=O)C(C)C)cc2)C[C@H]1[C@H](OC)[C@@H](C)C(=O)NCC(=O)c1ccc(OC)c(F)c1)OC)N(C)C(=O)[C@@H](CC(=O)[C@H](C(C)C)N(C)C)C(C)C. The first-order valence-corrected chi connectivity index (χ1v) is 41.4. The van der Waals surface area contributed by atoms with Gasteiger partial charge in [-0.05, 0) is 111 Å². The topological polar surface area (TPSA) is 375 Å². The van der Waals surface area contributed by atoms with E-state index in [4.69, 9.17) is 29.4 Å². The number of Topliss-reactive ketones (excluding diaryl/α,β-unsaturated/α-hetero) is 4. The Hall–Kier alpha value is -8.42. The van der Waals surface area contributed by atoms with Crippen LogP contribution in [-0.2, 0) is 84.7 Å². The van der Waals surface area contributed by atoms with Gasteiger partial charge in [-0.3, -0.25) is 67.3 Å². The van der Waals surface area contributed by atoms with Crippen molar-refractivity contribution in [3.63, 3.8) is 0 Å². The lowest BCUT2D eigenvalue weighted by Gasteiger charge is -2.41. The molecular formula is C84H128FN9O20S. The second-order valence-electron chi connectivity index (χ2n) is 32.8. The van der Waals surface area contributed by atoms with E-state index in [0.717, 1.165) is 18.9 Å². The van der Waals surface area contributed by atoms with Gasteiger partial charge in [0, 0.05) is 123 Å². The molecule has 2 aliphatic heterocycles. The first-order valence-electron chi connectivity index (χ1n) is 40.4. The van der Waals surface area contributed by atoms with E-state index in [1.54, 1.807) is 43.1 Å². The summed E-state index contributed by atoms with van der Waals surface area (Å²) in [5, 5.41) is 14.3. The summed E-state index contributed by atoms with van der Waals surface area (Å²) in [4.78, 5) is 197. The second-order valence-corrected chi connectivity index (χ2v) is 34.0. The highest BCUT2D eigenvalue weighted by Crippen LogP contribution is 2.52. The third-order valence-corrected chi connectivity index (χ3v) is 24.3. The molecule has 2 heterocycles. The minimum atomic E-state index is -1.06. The predicted molar refractivity (Wildman–Crippen MR) is 430 cm³/mol. The zero-order valence-corrected chi connectivity index (χ0v) is 71.4. The molecule has 1 unspecified atom stereocenters. The van der Waals surface area contributed by atoms with Crippen molar-refractivity contribution in [2.75, 3.05) is 95.0 Å². The molecule has 3 aliphatic rings. The molecule has 31 heteroatoms. The third-order valence-electron chi connectivity index (χ3n) is 22.7. The number of hydrogen-bond acceptors (Lipinski definition) is 21. The monoisotopic (exact) mass is 1630 g/mol. The molecule has 3 fully saturated rings. The molecule has 5 rings (SSSR count). The van der Waals surface area contributed by atoms with Gasteiger partial charge in [0.15, 0.2) is 28.9 Å². The smallest absolute Gasteiger partial charge is 0.409 e. The molecule has 12 atom stereocenters. The van der Waals surface area contributed by atoms with Gasteiger partial charge in [0.05, 0.1) is 80.6 Å². The lowest BCUT2D eigenvalue weighted by molar-refractivity contribution is -0.149. The average molecular weight is 1640 g/mol. The van der Waals surface area contributed by atoms with Crippen molar-refractivity contribution in [3.8, 4) is 5.75 Å². The van der Waals surface area contributed by atoms with Crippen LogP contribution in [0.2, 0.25) is 0 Å². The molecule has 9 amide bonds. The Balaban J connectivity index is 1.19. The van der Waals surface area contributed by atoms with E-state index in [1.165, 1.54) is 78.9 Å². The Morgan fingerprint density at radius 1 is 0.739 bits per heavy atom. The number of carboxylic acids is 1. The summed E-state index contributed by atoms with van der Waals surface area (Å²) in [6, 6.07) is 7.50. The number of amides is 9. The van der Waals surface area contributed by atoms with E-state index in [0.29, 0.717) is 55.4 Å². The summed E-state index contributed by atoms with van der Waals surface area (Å²) in [6.07, 6.45) is 0.192. The van der Waals surface area contributed by atoms with Gasteiger partial charge in [-0.15, -0.1) is 11.8 Å². The number of unbranched alkanes of at least 4 members (excludes halogenated alkanes) is 3. The number of aliphatic carboxylic acids is 1. The zero-order chi connectivity index (χ0) is 85.9. The molecule has 2 aromatic rings. The normalized spacial score (nSPS) is 18.2. The predicted octanol–water partition coefficient (Wildman–Crippen LogP) is 8.74. The molecular weight excluding hydrogens is 1510 g/mol. The van der Waals surface area contributed by atoms with E-state index < -0.39 is 125 Å². The number of likely N-dealkylation sites (tertiary alicyclic amines) is 2. The largest absolute Gasteiger partial charge is 0.494 e. The molecule has 115 heavy (non-hydrogen) atoms. The van der Waals surface area contributed by atoms with Gasteiger partial charge in [0.2, 0.25) is 41.4 Å². The highest BCUT2D eigenvalue weighted by Gasteiger charge is 2.49. The van der Waals surface area contributed by atoms with Gasteiger partial charge in [0.25, 0.3) is 0 Å². The maximum absolute atomic E-state index is 15.1. The number of ketones is 4. The number of thioether (sulfide) groups is 1. The molecule has 1 aliphatic carbocycles. The lowest BCUT2D eigenvalue weighted by atomic mass is 9.83. The van der Waals surface area contributed by atoms with Crippen LogP contribution < -0.4 is 21.1 Å². The first kappa shape index (κ1) is 97.2. The van der Waals surface area contributed by atoms with Crippen molar-refractivity contribution in [2.24, 2.45) is 52.6 Å². The van der Waals surface area contributed by atoms with Crippen molar-refractivity contribution in [3.05, 3.63) is 65.0 Å². The number of rotatable bonds is 52. The molecule has 642 valence electrons. The molecule has 2 saturated heterocycles. The summed E-state index contributed by atoms with van der Waals surface area (Å²) in [7, 11) is 12.4. The zero-order valence-electron chi connectivity index (χ0n) is 70.6. The number of halogens is 1. The summed E-state index contributed by atoms with van der Waals surface area (Å²) in [5.41, 5.74) is 6.26. The minimum Gasteiger partial charge on any atom is -0.494 e. The third kappa shape index (κ3) is 29.3. The Labute approximate surface area is 682 Å². The van der Waals surface area contributed by atoms with Crippen LogP contribution in [0.15, 0.2) is 42.5 Å². The van der Waals surface area contributed by atoms with Crippen LogP contribution in [0.4, 0.5) is 14.0 Å². The second kappa shape index (κ2) is 46.5. The van der Waals surface area contributed by atoms with Gasteiger partial charge in [-0.1, -0.05) is 106 Å². The summed E-state index contributed by atoms with van der Waals surface area (Å²) >= 11 is 1.35. The van der Waals surface area contributed by atoms with Gasteiger partial charge in [0.1, 0.15) is 18.5 Å². The summed E-state index contributed by atoms with van der Waals surface area (Å²) < 4.78 is 43.5. The molecule has 0 radical (unpaired) electrons.